The molecule has 0 unspecified atom stereocenters. The number of oxime groups is 1. The van der Waals surface area contributed by atoms with Crippen molar-refractivity contribution in [3.8, 4) is 16.9 Å². The summed E-state index contributed by atoms with van der Waals surface area (Å²) in [4.78, 5) is 47.2. The molecule has 19 heteroatoms. The maximum atomic E-state index is 13.3. The lowest BCUT2D eigenvalue weighted by molar-refractivity contribution is -0.679. The van der Waals surface area contributed by atoms with E-state index in [2.05, 4.69) is 14.4 Å². The number of β-lactam (4-membered cyclic amide) rings is 1. The van der Waals surface area contributed by atoms with Gasteiger partial charge in [0.2, 0.25) is 10.4 Å². The van der Waals surface area contributed by atoms with Gasteiger partial charge in [-0.25, -0.2) is 22.8 Å². The number of hydroxylamine groups is 2. The van der Waals surface area contributed by atoms with Crippen LogP contribution in [-0.2, 0) is 47.4 Å². The maximum Gasteiger partial charge on any atom is 0.351 e. The molecular formula is C30H37N7O10S2. The third-order valence-corrected chi connectivity index (χ3v) is 9.01. The predicted octanol–water partition coefficient (Wildman–Crippen LogP) is 0.134. The Morgan fingerprint density at radius 2 is 1.82 bits per heavy atom. The fourth-order valence-electron chi connectivity index (χ4n) is 5.04. The van der Waals surface area contributed by atoms with Crippen molar-refractivity contribution in [1.82, 2.24) is 10.0 Å². The van der Waals surface area contributed by atoms with Gasteiger partial charge in [-0.2, -0.15) is 9.35 Å². The van der Waals surface area contributed by atoms with Gasteiger partial charge in [0.25, 0.3) is 12.0 Å². The fourth-order valence-corrected chi connectivity index (χ4v) is 6.04. The number of pyridine rings is 1. The van der Waals surface area contributed by atoms with E-state index in [1.54, 1.807) is 12.1 Å². The van der Waals surface area contributed by atoms with E-state index in [-0.39, 0.29) is 16.7 Å². The van der Waals surface area contributed by atoms with E-state index in [9.17, 15) is 32.5 Å². The summed E-state index contributed by atoms with van der Waals surface area (Å²) < 4.78 is 44.9. The number of aryl methyl sites for hydroxylation is 1. The van der Waals surface area contributed by atoms with Crippen molar-refractivity contribution >= 4 is 50.2 Å². The summed E-state index contributed by atoms with van der Waals surface area (Å²) in [5.74, 6) is -3.73. The zero-order valence-electron chi connectivity index (χ0n) is 26.8. The number of hydrogen-bond acceptors (Lipinski definition) is 15. The number of aromatic nitrogens is 2. The molecule has 1 fully saturated rings. The molecule has 3 aromatic rings. The molecule has 49 heavy (non-hydrogen) atoms. The summed E-state index contributed by atoms with van der Waals surface area (Å²) in [5, 5.41) is 15.4. The number of nitrogens with zero attached hydrogens (tertiary/aromatic N) is 4. The van der Waals surface area contributed by atoms with Crippen LogP contribution in [0.5, 0.6) is 5.75 Å². The maximum absolute atomic E-state index is 13.3. The van der Waals surface area contributed by atoms with E-state index in [0.717, 1.165) is 34.6 Å². The largest absolute Gasteiger partial charge is 0.724 e. The third kappa shape index (κ3) is 9.13. The molecule has 1 aliphatic heterocycles. The van der Waals surface area contributed by atoms with Gasteiger partial charge in [-0.05, 0) is 56.6 Å². The number of ketones is 1. The lowest BCUT2D eigenvalue weighted by Gasteiger charge is -2.51. The Hall–Kier alpha value is -4.53. The van der Waals surface area contributed by atoms with Crippen molar-refractivity contribution in [1.29, 1.82) is 0 Å². The van der Waals surface area contributed by atoms with Crippen molar-refractivity contribution in [3.63, 3.8) is 0 Å². The first-order chi connectivity index (χ1) is 23.0. The van der Waals surface area contributed by atoms with Crippen molar-refractivity contribution in [3.05, 3.63) is 59.4 Å². The number of carboxylic acid groups (broad SMARTS) is 1. The van der Waals surface area contributed by atoms with Crippen molar-refractivity contribution in [2.75, 3.05) is 25.4 Å². The van der Waals surface area contributed by atoms with Crippen molar-refractivity contribution in [2.45, 2.75) is 38.3 Å². The number of nitrogens with two attached hydrogens (primary N) is 3. The van der Waals surface area contributed by atoms with Crippen LogP contribution in [0.1, 0.15) is 31.7 Å². The number of anilines is 1. The molecule has 1 amide bonds. The second-order valence-electron chi connectivity index (χ2n) is 11.8. The Bertz CT molecular complexity index is 1830. The molecule has 17 nitrogen and oxygen atoms in total. The summed E-state index contributed by atoms with van der Waals surface area (Å²) in [6, 6.07) is 11.0. The number of carbonyl (C=O) groups is 3. The summed E-state index contributed by atoms with van der Waals surface area (Å²) in [6.45, 7) is 3.30. The zero-order chi connectivity index (χ0) is 36.1. The first-order valence-corrected chi connectivity index (χ1v) is 17.1. The van der Waals surface area contributed by atoms with E-state index in [4.69, 9.17) is 26.8 Å². The standard InChI is InChI=1S/C30H37N7O10S2/c1-30(2)22(27(39)37(30)47-49(42,43)44)11-24(38)26(23-16-48-29(33)34-23)35-46-25(28(40)41)15-45-21-8-5-18(6-9-21)19-4-7-20(36(3)14-19)10-17(12-31)13-32/h4-9,14,16-17,22,25H,10-13,15,31-32H2,1-3H3,(H3-,33,34,40,41,42,43,44)/b35-26-/t22-,25+/m1/s1. The third-order valence-electron chi connectivity index (χ3n) is 8.00. The number of carbonyl (C=O) groups excluding carboxylic acids is 2. The quantitative estimate of drug-likeness (QED) is 0.0361. The van der Waals surface area contributed by atoms with Crippen molar-refractivity contribution in [2.24, 2.45) is 35.5 Å². The first kappa shape index (κ1) is 37.3. The SMILES string of the molecule is C[n+]1cc(-c2ccc(OC[C@H](O/N=C(\C(=O)C[C@@H]3C(=O)N(OS(=O)(=O)[O-])C3(C)C)c3csc(N)n3)C(=O)O)cc2)ccc1CC(CN)CN. The molecule has 0 radical (unpaired) electrons. The molecule has 1 aromatic carbocycles. The lowest BCUT2D eigenvalue weighted by atomic mass is 9.74. The Labute approximate surface area is 286 Å². The summed E-state index contributed by atoms with van der Waals surface area (Å²) >= 11 is 0.979. The van der Waals surface area contributed by atoms with Crippen LogP contribution < -0.4 is 26.5 Å². The van der Waals surface area contributed by atoms with Crippen LogP contribution in [0.3, 0.4) is 0 Å². The van der Waals surface area contributed by atoms with Crippen LogP contribution in [0.25, 0.3) is 11.1 Å². The molecule has 3 heterocycles. The second kappa shape index (κ2) is 15.3. The second-order valence-corrected chi connectivity index (χ2v) is 13.6. The highest BCUT2D eigenvalue weighted by atomic mass is 32.3. The number of carboxylic acids is 1. The monoisotopic (exact) mass is 719 g/mol. The molecule has 0 bridgehead atoms. The molecular weight excluding hydrogens is 683 g/mol. The van der Waals surface area contributed by atoms with Crippen LogP contribution in [0.4, 0.5) is 5.13 Å². The minimum Gasteiger partial charge on any atom is -0.724 e. The average Bonchev–Trinajstić information content (AvgIpc) is 3.48. The van der Waals surface area contributed by atoms with Gasteiger partial charge in [0.1, 0.15) is 25.1 Å². The minimum atomic E-state index is -5.24. The minimum absolute atomic E-state index is 0.0343. The van der Waals surface area contributed by atoms with E-state index in [0.29, 0.717) is 23.9 Å². The summed E-state index contributed by atoms with van der Waals surface area (Å²) in [6.07, 6.45) is 0.557. The Balaban J connectivity index is 1.44. The van der Waals surface area contributed by atoms with Gasteiger partial charge in [-0.1, -0.05) is 17.3 Å². The van der Waals surface area contributed by atoms with E-state index in [1.165, 1.54) is 19.2 Å². The Kier molecular flexibility index (Phi) is 11.7. The number of amides is 1. The molecule has 0 saturated carbocycles. The number of aliphatic carboxylic acids is 1. The molecule has 2 aromatic heterocycles. The molecule has 7 N–H and O–H groups in total. The molecule has 1 aliphatic rings. The van der Waals surface area contributed by atoms with E-state index < -0.39 is 64.4 Å². The normalized spacial score (nSPS) is 16.7. The molecule has 1 saturated heterocycles. The molecule has 2 atom stereocenters. The predicted molar refractivity (Wildman–Crippen MR) is 174 cm³/mol. The number of Topliss-reactive ketones (excluding diaryl/α,β-unsaturated/α-hetero) is 1. The van der Waals surface area contributed by atoms with E-state index >= 15 is 0 Å². The topological polar surface area (TPSA) is 267 Å². The van der Waals surface area contributed by atoms with Gasteiger partial charge >= 0.3 is 5.97 Å². The highest BCUT2D eigenvalue weighted by Gasteiger charge is 2.57. The molecule has 4 rings (SSSR count). The molecule has 0 aliphatic carbocycles. The van der Waals surface area contributed by atoms with Gasteiger partial charge < -0.3 is 36.4 Å². The van der Waals surface area contributed by atoms with Crippen LogP contribution in [0, 0.1) is 11.8 Å². The van der Waals surface area contributed by atoms with Gasteiger partial charge in [0, 0.05) is 29.9 Å². The van der Waals surface area contributed by atoms with Gasteiger partial charge in [-0.15, -0.1) is 11.3 Å². The zero-order valence-corrected chi connectivity index (χ0v) is 28.5. The molecule has 264 valence electrons. The lowest BCUT2D eigenvalue weighted by Crippen LogP contribution is -2.68. The number of benzene rings is 1. The number of thiazole rings is 1. The summed E-state index contributed by atoms with van der Waals surface area (Å²) in [5.41, 5.74) is 18.4. The Morgan fingerprint density at radius 3 is 2.35 bits per heavy atom. The Morgan fingerprint density at radius 1 is 1.16 bits per heavy atom. The van der Waals surface area contributed by atoms with Crippen LogP contribution in [-0.4, -0.2) is 82.8 Å². The van der Waals surface area contributed by atoms with Crippen LogP contribution >= 0.6 is 11.3 Å². The van der Waals surface area contributed by atoms with Crippen LogP contribution in [0.2, 0.25) is 0 Å². The number of hydrogen-bond donors (Lipinski definition) is 4. The number of rotatable bonds is 17. The van der Waals surface area contributed by atoms with Gasteiger partial charge in [0.15, 0.2) is 28.5 Å². The number of ether oxygens (including phenoxy) is 1. The van der Waals surface area contributed by atoms with Gasteiger partial charge in [0.05, 0.1) is 11.5 Å². The smallest absolute Gasteiger partial charge is 0.351 e. The van der Waals surface area contributed by atoms with Crippen molar-refractivity contribution < 1.29 is 50.9 Å². The highest BCUT2D eigenvalue weighted by molar-refractivity contribution is 7.80. The van der Waals surface area contributed by atoms with E-state index in [1.807, 2.05) is 42.1 Å². The van der Waals surface area contributed by atoms with Crippen LogP contribution in [0.15, 0.2) is 53.1 Å². The highest BCUT2D eigenvalue weighted by Crippen LogP contribution is 2.40. The fraction of sp³-hybridized carbons (Fsp3) is 0.400. The average molecular weight is 720 g/mol. The number of nitrogen functional groups attached to an aromatic ring is 1. The first-order valence-electron chi connectivity index (χ1n) is 14.9. The summed E-state index contributed by atoms with van der Waals surface area (Å²) in [7, 11) is -3.30. The molecule has 0 spiro atoms. The van der Waals surface area contributed by atoms with Gasteiger partial charge in [-0.3, -0.25) is 9.59 Å².